The SMILES string of the molecule is C=CCCOc1cccc(C[C@H](NC(=O)NS(=O)(=O)c2ccccc2C=C)C(=O)N(C)c2ccc(OC)cc2)c1. The Labute approximate surface area is 235 Å². The Hall–Kier alpha value is -4.57. The number of nitrogens with zero attached hydrogens (tertiary/aromatic N) is 1. The van der Waals surface area contributed by atoms with Crippen molar-refractivity contribution in [3.8, 4) is 11.5 Å². The molecule has 1 atom stereocenters. The number of urea groups is 1. The fourth-order valence-electron chi connectivity index (χ4n) is 3.88. The Morgan fingerprint density at radius 1 is 1.00 bits per heavy atom. The second-order valence-corrected chi connectivity index (χ2v) is 10.4. The van der Waals surface area contributed by atoms with E-state index in [4.69, 9.17) is 9.47 Å². The van der Waals surface area contributed by atoms with Gasteiger partial charge in [-0.1, -0.05) is 49.1 Å². The van der Waals surface area contributed by atoms with Gasteiger partial charge in [0.1, 0.15) is 17.5 Å². The molecule has 0 aliphatic heterocycles. The molecule has 0 aliphatic rings. The number of ether oxygens (including phenoxy) is 2. The van der Waals surface area contributed by atoms with E-state index >= 15 is 0 Å². The van der Waals surface area contributed by atoms with Gasteiger partial charge in [-0.2, -0.15) is 0 Å². The number of likely N-dealkylation sites (N-methyl/N-ethyl adjacent to an activating group) is 1. The van der Waals surface area contributed by atoms with Crippen molar-refractivity contribution in [3.05, 3.63) is 103 Å². The van der Waals surface area contributed by atoms with E-state index in [9.17, 15) is 18.0 Å². The lowest BCUT2D eigenvalue weighted by Gasteiger charge is -2.25. The van der Waals surface area contributed by atoms with E-state index in [-0.39, 0.29) is 11.3 Å². The van der Waals surface area contributed by atoms with Crippen LogP contribution >= 0.6 is 0 Å². The van der Waals surface area contributed by atoms with E-state index in [0.29, 0.717) is 41.3 Å². The highest BCUT2D eigenvalue weighted by atomic mass is 32.2. The number of methoxy groups -OCH3 is 1. The lowest BCUT2D eigenvalue weighted by molar-refractivity contribution is -0.120. The van der Waals surface area contributed by atoms with Crippen LogP contribution in [0, 0.1) is 0 Å². The summed E-state index contributed by atoms with van der Waals surface area (Å²) in [6.45, 7) is 7.75. The number of rotatable bonds is 13. The average Bonchev–Trinajstić information content (AvgIpc) is 2.96. The quantitative estimate of drug-likeness (QED) is 0.233. The van der Waals surface area contributed by atoms with Crippen molar-refractivity contribution in [3.63, 3.8) is 0 Å². The molecule has 2 N–H and O–H groups in total. The van der Waals surface area contributed by atoms with Gasteiger partial charge >= 0.3 is 6.03 Å². The van der Waals surface area contributed by atoms with Gasteiger partial charge in [0.15, 0.2) is 0 Å². The summed E-state index contributed by atoms with van der Waals surface area (Å²) in [6.07, 6.45) is 3.88. The summed E-state index contributed by atoms with van der Waals surface area (Å²) in [5.74, 6) is 0.765. The molecule has 0 heterocycles. The molecule has 3 aromatic carbocycles. The van der Waals surface area contributed by atoms with Crippen molar-refractivity contribution in [2.45, 2.75) is 23.8 Å². The maximum absolute atomic E-state index is 13.6. The van der Waals surface area contributed by atoms with E-state index in [1.165, 1.54) is 17.0 Å². The van der Waals surface area contributed by atoms with Crippen LogP contribution in [0.3, 0.4) is 0 Å². The van der Waals surface area contributed by atoms with Gasteiger partial charge in [-0.05, 0) is 60.0 Å². The second kappa shape index (κ2) is 14.0. The van der Waals surface area contributed by atoms with Gasteiger partial charge < -0.3 is 19.7 Å². The van der Waals surface area contributed by atoms with E-state index in [1.807, 2.05) is 4.72 Å². The molecule has 40 heavy (non-hydrogen) atoms. The van der Waals surface area contributed by atoms with Crippen LogP contribution in [0.15, 0.2) is 96.9 Å². The summed E-state index contributed by atoms with van der Waals surface area (Å²) in [6, 6.07) is 18.0. The van der Waals surface area contributed by atoms with Crippen molar-refractivity contribution in [2.75, 3.05) is 25.7 Å². The fourth-order valence-corrected chi connectivity index (χ4v) is 5.02. The lowest BCUT2D eigenvalue weighted by Crippen LogP contribution is -2.52. The Bertz CT molecular complexity index is 1450. The first-order valence-corrected chi connectivity index (χ1v) is 14.0. The highest BCUT2D eigenvalue weighted by Crippen LogP contribution is 2.21. The predicted molar refractivity (Wildman–Crippen MR) is 156 cm³/mol. The van der Waals surface area contributed by atoms with E-state index < -0.39 is 28.0 Å². The normalized spacial score (nSPS) is 11.6. The molecule has 3 aromatic rings. The monoisotopic (exact) mass is 563 g/mol. The highest BCUT2D eigenvalue weighted by Gasteiger charge is 2.28. The van der Waals surface area contributed by atoms with E-state index in [0.717, 1.165) is 0 Å². The minimum absolute atomic E-state index is 0.0781. The molecule has 0 radical (unpaired) electrons. The van der Waals surface area contributed by atoms with Gasteiger partial charge in [0.05, 0.1) is 18.6 Å². The van der Waals surface area contributed by atoms with E-state index in [2.05, 4.69) is 18.5 Å². The number of nitrogens with one attached hydrogen (secondary N) is 2. The summed E-state index contributed by atoms with van der Waals surface area (Å²) >= 11 is 0. The molecular formula is C30H33N3O6S. The zero-order valence-corrected chi connectivity index (χ0v) is 23.3. The van der Waals surface area contributed by atoms with Crippen molar-refractivity contribution in [2.24, 2.45) is 0 Å². The first-order chi connectivity index (χ1) is 19.2. The van der Waals surface area contributed by atoms with Crippen LogP contribution in [0.25, 0.3) is 6.08 Å². The predicted octanol–water partition coefficient (Wildman–Crippen LogP) is 4.56. The number of benzene rings is 3. The number of carbonyl (C=O) groups excluding carboxylic acids is 2. The molecule has 0 spiro atoms. The second-order valence-electron chi connectivity index (χ2n) is 8.75. The Kier molecular flexibility index (Phi) is 10.5. The van der Waals surface area contributed by atoms with Crippen LogP contribution in [0.2, 0.25) is 0 Å². The number of hydrogen-bond acceptors (Lipinski definition) is 6. The number of sulfonamides is 1. The van der Waals surface area contributed by atoms with E-state index in [1.54, 1.807) is 87.0 Å². The maximum atomic E-state index is 13.6. The Balaban J connectivity index is 1.86. The van der Waals surface area contributed by atoms with Crippen LogP contribution < -0.4 is 24.4 Å². The minimum Gasteiger partial charge on any atom is -0.497 e. The van der Waals surface area contributed by atoms with Crippen molar-refractivity contribution in [1.29, 1.82) is 0 Å². The fraction of sp³-hybridized carbons (Fsp3) is 0.200. The molecule has 0 aliphatic carbocycles. The molecule has 0 aromatic heterocycles. The van der Waals surface area contributed by atoms with Crippen LogP contribution in [0.4, 0.5) is 10.5 Å². The molecule has 210 valence electrons. The summed E-state index contributed by atoms with van der Waals surface area (Å²) < 4.78 is 38.9. The van der Waals surface area contributed by atoms with Gasteiger partial charge in [0.2, 0.25) is 5.91 Å². The van der Waals surface area contributed by atoms with Crippen molar-refractivity contribution >= 4 is 33.7 Å². The van der Waals surface area contributed by atoms with Crippen molar-refractivity contribution in [1.82, 2.24) is 10.0 Å². The first-order valence-electron chi connectivity index (χ1n) is 12.5. The van der Waals surface area contributed by atoms with Gasteiger partial charge in [-0.15, -0.1) is 6.58 Å². The van der Waals surface area contributed by atoms with Gasteiger partial charge in [0, 0.05) is 19.2 Å². The maximum Gasteiger partial charge on any atom is 0.329 e. The third kappa shape index (κ3) is 7.97. The number of amides is 3. The van der Waals surface area contributed by atoms with Crippen LogP contribution in [-0.2, 0) is 21.2 Å². The van der Waals surface area contributed by atoms with Crippen molar-refractivity contribution < 1.29 is 27.5 Å². The van der Waals surface area contributed by atoms with Crippen LogP contribution in [0.1, 0.15) is 17.5 Å². The molecule has 0 bridgehead atoms. The summed E-state index contributed by atoms with van der Waals surface area (Å²) in [5.41, 5.74) is 1.60. The number of hydrogen-bond donors (Lipinski definition) is 2. The molecular weight excluding hydrogens is 530 g/mol. The summed E-state index contributed by atoms with van der Waals surface area (Å²) in [5, 5.41) is 2.55. The average molecular weight is 564 g/mol. The third-order valence-corrected chi connectivity index (χ3v) is 7.38. The number of anilines is 1. The Morgan fingerprint density at radius 2 is 1.73 bits per heavy atom. The minimum atomic E-state index is -4.25. The lowest BCUT2D eigenvalue weighted by atomic mass is 10.0. The highest BCUT2D eigenvalue weighted by molar-refractivity contribution is 7.90. The topological polar surface area (TPSA) is 114 Å². The molecule has 10 heteroatoms. The first kappa shape index (κ1) is 30.0. The number of carbonyl (C=O) groups is 2. The Morgan fingerprint density at radius 3 is 2.40 bits per heavy atom. The molecule has 0 saturated carbocycles. The molecule has 9 nitrogen and oxygen atoms in total. The smallest absolute Gasteiger partial charge is 0.329 e. The van der Waals surface area contributed by atoms with Gasteiger partial charge in [-0.25, -0.2) is 17.9 Å². The molecule has 0 fully saturated rings. The largest absolute Gasteiger partial charge is 0.497 e. The van der Waals surface area contributed by atoms with Gasteiger partial charge in [-0.3, -0.25) is 4.79 Å². The molecule has 0 saturated heterocycles. The zero-order chi connectivity index (χ0) is 29.1. The summed E-state index contributed by atoms with van der Waals surface area (Å²) in [4.78, 5) is 27.9. The van der Waals surface area contributed by atoms with Gasteiger partial charge in [0.25, 0.3) is 10.0 Å². The molecule has 0 unspecified atom stereocenters. The molecule has 3 amide bonds. The summed E-state index contributed by atoms with van der Waals surface area (Å²) in [7, 11) is -1.13. The standard InChI is InChI=1S/C30H33N3O6S/c1-5-7-19-39-26-13-10-11-22(20-26)21-27(29(34)33(3)24-15-17-25(38-4)18-16-24)31-30(35)32-40(36,37)28-14-9-8-12-23(28)6-2/h5-6,8-18,20,27H,1-2,7,19,21H2,3-4H3,(H2,31,32,35)/t27-/m0/s1. The zero-order valence-electron chi connectivity index (χ0n) is 22.5. The van der Waals surface area contributed by atoms with Crippen LogP contribution in [0.5, 0.6) is 11.5 Å². The molecule has 3 rings (SSSR count). The third-order valence-electron chi connectivity index (χ3n) is 5.98. The van der Waals surface area contributed by atoms with Crippen LogP contribution in [-0.4, -0.2) is 47.2 Å².